The van der Waals surface area contributed by atoms with Crippen molar-refractivity contribution in [3.63, 3.8) is 0 Å². The standard InChI is InChI=1S/C17H18N2OS/c1-12-8-16(21-13(12)2)11-19-17(20)15(10-18)9-14-6-4-3-5-7-14/h3-8,15H,9,11H2,1-2H3,(H,19,20). The Hall–Kier alpha value is -2.12. The van der Waals surface area contributed by atoms with E-state index in [1.54, 1.807) is 11.3 Å². The molecule has 0 aliphatic heterocycles. The van der Waals surface area contributed by atoms with Gasteiger partial charge in [-0.3, -0.25) is 4.79 Å². The summed E-state index contributed by atoms with van der Waals surface area (Å²) in [7, 11) is 0. The molecule has 4 heteroatoms. The van der Waals surface area contributed by atoms with E-state index >= 15 is 0 Å². The summed E-state index contributed by atoms with van der Waals surface area (Å²) in [6.45, 7) is 4.62. The predicted molar refractivity (Wildman–Crippen MR) is 84.9 cm³/mol. The highest BCUT2D eigenvalue weighted by molar-refractivity contribution is 7.12. The summed E-state index contributed by atoms with van der Waals surface area (Å²) in [6, 6.07) is 13.8. The molecule has 1 N–H and O–H groups in total. The summed E-state index contributed by atoms with van der Waals surface area (Å²) in [5.74, 6) is -0.848. The van der Waals surface area contributed by atoms with E-state index in [4.69, 9.17) is 0 Å². The zero-order chi connectivity index (χ0) is 15.2. The number of carbonyl (C=O) groups excluding carboxylic acids is 1. The van der Waals surface area contributed by atoms with Crippen LogP contribution in [0.2, 0.25) is 0 Å². The van der Waals surface area contributed by atoms with E-state index in [9.17, 15) is 10.1 Å². The SMILES string of the molecule is Cc1cc(CNC(=O)C(C#N)Cc2ccccc2)sc1C. The molecule has 0 saturated heterocycles. The minimum absolute atomic E-state index is 0.204. The molecule has 2 rings (SSSR count). The number of amides is 1. The Balaban J connectivity index is 1.93. The number of hydrogen-bond acceptors (Lipinski definition) is 3. The maximum absolute atomic E-state index is 12.1. The van der Waals surface area contributed by atoms with Crippen molar-refractivity contribution in [1.29, 1.82) is 5.26 Å². The molecule has 0 radical (unpaired) electrons. The van der Waals surface area contributed by atoms with E-state index in [1.807, 2.05) is 30.3 Å². The van der Waals surface area contributed by atoms with E-state index in [2.05, 4.69) is 31.3 Å². The molecule has 1 atom stereocenters. The minimum Gasteiger partial charge on any atom is -0.350 e. The van der Waals surface area contributed by atoms with E-state index in [0.717, 1.165) is 10.4 Å². The summed E-state index contributed by atoms with van der Waals surface area (Å²) in [6.07, 6.45) is 0.450. The molecular formula is C17H18N2OS. The first-order chi connectivity index (χ1) is 10.1. The number of nitrogens with zero attached hydrogens (tertiary/aromatic N) is 1. The van der Waals surface area contributed by atoms with Crippen LogP contribution in [0.3, 0.4) is 0 Å². The van der Waals surface area contributed by atoms with Gasteiger partial charge in [0, 0.05) is 9.75 Å². The van der Waals surface area contributed by atoms with Crippen LogP contribution in [0.4, 0.5) is 0 Å². The maximum Gasteiger partial charge on any atom is 0.237 e. The van der Waals surface area contributed by atoms with Gasteiger partial charge >= 0.3 is 0 Å². The van der Waals surface area contributed by atoms with E-state index in [-0.39, 0.29) is 5.91 Å². The molecule has 0 saturated carbocycles. The molecule has 0 aliphatic carbocycles. The Morgan fingerprint density at radius 3 is 2.62 bits per heavy atom. The van der Waals surface area contributed by atoms with Crippen LogP contribution in [-0.2, 0) is 17.8 Å². The van der Waals surface area contributed by atoms with Crippen molar-refractivity contribution in [2.24, 2.45) is 5.92 Å². The number of hydrogen-bond donors (Lipinski definition) is 1. The first-order valence-electron chi connectivity index (χ1n) is 6.87. The predicted octanol–water partition coefficient (Wildman–Crippen LogP) is 3.36. The van der Waals surface area contributed by atoms with Crippen LogP contribution in [0.5, 0.6) is 0 Å². The second kappa shape index (κ2) is 7.05. The summed E-state index contributed by atoms with van der Waals surface area (Å²) in [4.78, 5) is 14.5. The van der Waals surface area contributed by atoms with Crippen LogP contribution >= 0.6 is 11.3 Å². The number of thiophene rings is 1. The van der Waals surface area contributed by atoms with Gasteiger partial charge in [-0.2, -0.15) is 5.26 Å². The number of benzene rings is 1. The molecule has 0 aliphatic rings. The third-order valence-electron chi connectivity index (χ3n) is 3.41. The third-order valence-corrected chi connectivity index (χ3v) is 4.56. The van der Waals surface area contributed by atoms with Gasteiger partial charge < -0.3 is 5.32 Å². The van der Waals surface area contributed by atoms with Crippen molar-refractivity contribution in [1.82, 2.24) is 5.32 Å². The van der Waals surface area contributed by atoms with Gasteiger partial charge in [0.25, 0.3) is 0 Å². The van der Waals surface area contributed by atoms with Crippen molar-refractivity contribution < 1.29 is 4.79 Å². The van der Waals surface area contributed by atoms with Gasteiger partial charge in [-0.1, -0.05) is 30.3 Å². The van der Waals surface area contributed by atoms with Crippen LogP contribution < -0.4 is 5.32 Å². The fraction of sp³-hybridized carbons (Fsp3) is 0.294. The lowest BCUT2D eigenvalue weighted by molar-refractivity contribution is -0.123. The number of rotatable bonds is 5. The number of nitrogens with one attached hydrogen (secondary N) is 1. The van der Waals surface area contributed by atoms with Crippen LogP contribution in [0.15, 0.2) is 36.4 Å². The van der Waals surface area contributed by atoms with Gasteiger partial charge in [-0.25, -0.2) is 0 Å². The Labute approximate surface area is 129 Å². The Morgan fingerprint density at radius 2 is 2.05 bits per heavy atom. The van der Waals surface area contributed by atoms with Crippen molar-refractivity contribution >= 4 is 17.2 Å². The molecular weight excluding hydrogens is 280 g/mol. The largest absolute Gasteiger partial charge is 0.350 e. The molecule has 0 spiro atoms. The van der Waals surface area contributed by atoms with Crippen LogP contribution in [0.1, 0.15) is 20.9 Å². The Kier molecular flexibility index (Phi) is 5.13. The molecule has 1 unspecified atom stereocenters. The van der Waals surface area contributed by atoms with Crippen molar-refractivity contribution in [2.45, 2.75) is 26.8 Å². The molecule has 1 aromatic carbocycles. The molecule has 3 nitrogen and oxygen atoms in total. The number of aryl methyl sites for hydroxylation is 2. The number of carbonyl (C=O) groups is 1. The van der Waals surface area contributed by atoms with Crippen molar-refractivity contribution in [2.75, 3.05) is 0 Å². The van der Waals surface area contributed by atoms with Gasteiger partial charge in [-0.15, -0.1) is 11.3 Å². The lowest BCUT2D eigenvalue weighted by atomic mass is 10.00. The van der Waals surface area contributed by atoms with Gasteiger partial charge in [0.2, 0.25) is 5.91 Å². The highest BCUT2D eigenvalue weighted by Crippen LogP contribution is 2.20. The first kappa shape index (κ1) is 15.3. The average Bonchev–Trinajstić information content (AvgIpc) is 2.82. The molecule has 1 heterocycles. The van der Waals surface area contributed by atoms with Gasteiger partial charge in [0.15, 0.2) is 0 Å². The van der Waals surface area contributed by atoms with Gasteiger partial charge in [0.05, 0.1) is 12.6 Å². The Bertz CT molecular complexity index is 636. The average molecular weight is 298 g/mol. The van der Waals surface area contributed by atoms with Crippen LogP contribution in [0.25, 0.3) is 0 Å². The second-order valence-electron chi connectivity index (χ2n) is 5.04. The van der Waals surface area contributed by atoms with Crippen LogP contribution in [-0.4, -0.2) is 5.91 Å². The highest BCUT2D eigenvalue weighted by Gasteiger charge is 2.18. The molecule has 2 aromatic rings. The van der Waals surface area contributed by atoms with E-state index < -0.39 is 5.92 Å². The van der Waals surface area contributed by atoms with Crippen molar-refractivity contribution in [3.8, 4) is 6.07 Å². The topological polar surface area (TPSA) is 52.9 Å². The summed E-state index contributed by atoms with van der Waals surface area (Å²) in [5, 5.41) is 12.1. The fourth-order valence-electron chi connectivity index (χ4n) is 2.08. The molecule has 108 valence electrons. The lowest BCUT2D eigenvalue weighted by Crippen LogP contribution is -2.30. The summed E-state index contributed by atoms with van der Waals surface area (Å²) in [5.41, 5.74) is 2.24. The third kappa shape index (κ3) is 4.17. The zero-order valence-corrected chi connectivity index (χ0v) is 13.0. The summed E-state index contributed by atoms with van der Waals surface area (Å²) >= 11 is 1.68. The fourth-order valence-corrected chi connectivity index (χ4v) is 3.07. The molecule has 21 heavy (non-hydrogen) atoms. The Morgan fingerprint density at radius 1 is 1.33 bits per heavy atom. The lowest BCUT2D eigenvalue weighted by Gasteiger charge is -2.09. The first-order valence-corrected chi connectivity index (χ1v) is 7.69. The molecule has 1 amide bonds. The maximum atomic E-state index is 12.1. The highest BCUT2D eigenvalue weighted by atomic mass is 32.1. The zero-order valence-electron chi connectivity index (χ0n) is 12.2. The van der Waals surface area contributed by atoms with Gasteiger partial charge in [0.1, 0.15) is 5.92 Å². The molecule has 1 aromatic heterocycles. The smallest absolute Gasteiger partial charge is 0.237 e. The van der Waals surface area contributed by atoms with Crippen LogP contribution in [0, 0.1) is 31.1 Å². The quantitative estimate of drug-likeness (QED) is 0.920. The van der Waals surface area contributed by atoms with Gasteiger partial charge in [-0.05, 0) is 37.5 Å². The molecule has 0 bridgehead atoms. The second-order valence-corrected chi connectivity index (χ2v) is 6.38. The van der Waals surface area contributed by atoms with E-state index in [0.29, 0.717) is 13.0 Å². The summed E-state index contributed by atoms with van der Waals surface area (Å²) < 4.78 is 0. The number of nitriles is 1. The van der Waals surface area contributed by atoms with Crippen molar-refractivity contribution in [3.05, 3.63) is 57.3 Å². The monoisotopic (exact) mass is 298 g/mol. The normalized spacial score (nSPS) is 11.7. The minimum atomic E-state index is -0.644. The molecule has 0 fully saturated rings. The van der Waals surface area contributed by atoms with E-state index in [1.165, 1.54) is 10.4 Å².